The number of benzene rings is 1. The van der Waals surface area contributed by atoms with Gasteiger partial charge in [0.15, 0.2) is 0 Å². The summed E-state index contributed by atoms with van der Waals surface area (Å²) in [4.78, 5) is 0. The van der Waals surface area contributed by atoms with Crippen molar-refractivity contribution >= 4 is 21.6 Å². The van der Waals surface area contributed by atoms with Crippen LogP contribution in [0.4, 0.5) is 5.69 Å². The molecule has 86 valence electrons. The Bertz CT molecular complexity index is 593. The van der Waals surface area contributed by atoms with Crippen LogP contribution in [0.5, 0.6) is 0 Å². The molecular weight excluding hydrogens is 278 g/mol. The van der Waals surface area contributed by atoms with E-state index in [4.69, 9.17) is 11.0 Å². The van der Waals surface area contributed by atoms with E-state index < -0.39 is 0 Å². The Balaban J connectivity index is 2.40. The van der Waals surface area contributed by atoms with E-state index in [0.29, 0.717) is 17.9 Å². The van der Waals surface area contributed by atoms with Gasteiger partial charge in [0, 0.05) is 6.54 Å². The predicted octanol–water partition coefficient (Wildman–Crippen LogP) is 3.06. The number of aryl methyl sites for hydroxylation is 1. The normalized spacial score (nSPS) is 10.2. The summed E-state index contributed by atoms with van der Waals surface area (Å²) in [5.41, 5.74) is 9.30. The van der Waals surface area contributed by atoms with Crippen molar-refractivity contribution < 1.29 is 0 Å². The SMILES string of the molecule is Cc1cccc(Cn2c(C#N)cc(N)c2Br)c1. The third-order valence-corrected chi connectivity index (χ3v) is 3.48. The fraction of sp³-hybridized carbons (Fsp3) is 0.154. The number of rotatable bonds is 2. The molecule has 0 saturated carbocycles. The monoisotopic (exact) mass is 289 g/mol. The highest BCUT2D eigenvalue weighted by Crippen LogP contribution is 2.25. The molecule has 0 aliphatic rings. The molecule has 0 amide bonds. The molecule has 0 spiro atoms. The van der Waals surface area contributed by atoms with E-state index in [-0.39, 0.29) is 0 Å². The van der Waals surface area contributed by atoms with Crippen molar-refractivity contribution in [2.45, 2.75) is 13.5 Å². The van der Waals surface area contributed by atoms with Crippen LogP contribution >= 0.6 is 15.9 Å². The Labute approximate surface area is 109 Å². The number of nitrogen functional groups attached to an aromatic ring is 1. The summed E-state index contributed by atoms with van der Waals surface area (Å²) < 4.78 is 2.62. The number of nitrogens with zero attached hydrogens (tertiary/aromatic N) is 2. The largest absolute Gasteiger partial charge is 0.397 e. The van der Waals surface area contributed by atoms with Crippen LogP contribution in [0.2, 0.25) is 0 Å². The smallest absolute Gasteiger partial charge is 0.123 e. The molecule has 0 aliphatic carbocycles. The highest BCUT2D eigenvalue weighted by Gasteiger charge is 2.10. The number of anilines is 1. The van der Waals surface area contributed by atoms with Gasteiger partial charge in [0.25, 0.3) is 0 Å². The van der Waals surface area contributed by atoms with Gasteiger partial charge in [0.05, 0.1) is 5.69 Å². The molecule has 4 heteroatoms. The number of hydrogen-bond donors (Lipinski definition) is 1. The van der Waals surface area contributed by atoms with Crippen molar-refractivity contribution in [3.05, 3.63) is 51.8 Å². The Kier molecular flexibility index (Phi) is 3.21. The summed E-state index contributed by atoms with van der Waals surface area (Å²) in [6.07, 6.45) is 0. The fourth-order valence-electron chi connectivity index (χ4n) is 1.79. The van der Waals surface area contributed by atoms with E-state index >= 15 is 0 Å². The third kappa shape index (κ3) is 2.34. The van der Waals surface area contributed by atoms with Crippen molar-refractivity contribution in [3.63, 3.8) is 0 Å². The molecule has 1 aromatic carbocycles. The average molecular weight is 290 g/mol. The average Bonchev–Trinajstić information content (AvgIpc) is 2.57. The summed E-state index contributed by atoms with van der Waals surface area (Å²) in [5, 5.41) is 9.04. The second-order valence-electron chi connectivity index (χ2n) is 3.96. The number of aromatic nitrogens is 1. The molecular formula is C13H12BrN3. The number of nitriles is 1. The predicted molar refractivity (Wildman–Crippen MR) is 71.5 cm³/mol. The van der Waals surface area contributed by atoms with Crippen LogP contribution in [-0.4, -0.2) is 4.57 Å². The summed E-state index contributed by atoms with van der Waals surface area (Å²) >= 11 is 3.40. The highest BCUT2D eigenvalue weighted by molar-refractivity contribution is 9.10. The van der Waals surface area contributed by atoms with Gasteiger partial charge >= 0.3 is 0 Å². The first-order valence-corrected chi connectivity index (χ1v) is 6.01. The lowest BCUT2D eigenvalue weighted by molar-refractivity contribution is 0.775. The molecule has 0 aliphatic heterocycles. The molecule has 0 unspecified atom stereocenters. The lowest BCUT2D eigenvalue weighted by Gasteiger charge is -2.07. The molecule has 3 nitrogen and oxygen atoms in total. The zero-order valence-electron chi connectivity index (χ0n) is 9.44. The molecule has 1 aromatic heterocycles. The molecule has 0 atom stereocenters. The molecule has 0 bridgehead atoms. The number of hydrogen-bond acceptors (Lipinski definition) is 2. The van der Waals surface area contributed by atoms with Gasteiger partial charge in [-0.15, -0.1) is 0 Å². The van der Waals surface area contributed by atoms with Crippen molar-refractivity contribution in [1.29, 1.82) is 5.26 Å². The first-order chi connectivity index (χ1) is 8.11. The van der Waals surface area contributed by atoms with Crippen LogP contribution in [0.1, 0.15) is 16.8 Å². The topological polar surface area (TPSA) is 54.7 Å². The second kappa shape index (κ2) is 4.64. The molecule has 2 aromatic rings. The lowest BCUT2D eigenvalue weighted by Crippen LogP contribution is -2.03. The number of halogens is 1. The van der Waals surface area contributed by atoms with Gasteiger partial charge in [-0.1, -0.05) is 29.8 Å². The quantitative estimate of drug-likeness (QED) is 0.924. The van der Waals surface area contributed by atoms with Crippen LogP contribution in [-0.2, 0) is 6.54 Å². The van der Waals surface area contributed by atoms with Gasteiger partial charge in [-0.05, 0) is 34.5 Å². The lowest BCUT2D eigenvalue weighted by atomic mass is 10.1. The summed E-state index contributed by atoms with van der Waals surface area (Å²) in [6.45, 7) is 2.69. The maximum absolute atomic E-state index is 9.04. The highest BCUT2D eigenvalue weighted by atomic mass is 79.9. The first-order valence-electron chi connectivity index (χ1n) is 5.22. The molecule has 17 heavy (non-hydrogen) atoms. The summed E-state index contributed by atoms with van der Waals surface area (Å²) in [5.74, 6) is 0. The number of nitrogens with two attached hydrogens (primary N) is 1. The zero-order chi connectivity index (χ0) is 12.4. The van der Waals surface area contributed by atoms with Crippen molar-refractivity contribution in [3.8, 4) is 6.07 Å². The van der Waals surface area contributed by atoms with Crippen LogP contribution in [0.15, 0.2) is 34.9 Å². The van der Waals surface area contributed by atoms with Crippen molar-refractivity contribution in [2.24, 2.45) is 0 Å². The van der Waals surface area contributed by atoms with E-state index in [2.05, 4.69) is 28.1 Å². The Morgan fingerprint density at radius 3 is 2.82 bits per heavy atom. The fourth-order valence-corrected chi connectivity index (χ4v) is 2.22. The zero-order valence-corrected chi connectivity index (χ0v) is 11.0. The van der Waals surface area contributed by atoms with E-state index in [1.807, 2.05) is 29.7 Å². The van der Waals surface area contributed by atoms with E-state index in [1.54, 1.807) is 6.07 Å². The minimum atomic E-state index is 0.566. The van der Waals surface area contributed by atoms with Crippen LogP contribution < -0.4 is 5.73 Å². The van der Waals surface area contributed by atoms with Crippen molar-refractivity contribution in [1.82, 2.24) is 4.57 Å². The van der Waals surface area contributed by atoms with Crippen LogP contribution in [0.3, 0.4) is 0 Å². The summed E-state index contributed by atoms with van der Waals surface area (Å²) in [7, 11) is 0. The van der Waals surface area contributed by atoms with Gasteiger partial charge < -0.3 is 10.3 Å². The molecule has 1 heterocycles. The van der Waals surface area contributed by atoms with E-state index in [0.717, 1.165) is 10.2 Å². The van der Waals surface area contributed by atoms with E-state index in [9.17, 15) is 0 Å². The Morgan fingerprint density at radius 2 is 2.18 bits per heavy atom. The Hall–Kier alpha value is -1.73. The molecule has 0 radical (unpaired) electrons. The molecule has 0 fully saturated rings. The van der Waals surface area contributed by atoms with Crippen molar-refractivity contribution in [2.75, 3.05) is 5.73 Å². The minimum absolute atomic E-state index is 0.566. The second-order valence-corrected chi connectivity index (χ2v) is 4.71. The van der Waals surface area contributed by atoms with Gasteiger partial charge in [-0.2, -0.15) is 5.26 Å². The van der Waals surface area contributed by atoms with Gasteiger partial charge in [0.2, 0.25) is 0 Å². The maximum atomic E-state index is 9.04. The molecule has 2 rings (SSSR count). The van der Waals surface area contributed by atoms with Crippen LogP contribution in [0, 0.1) is 18.3 Å². The standard InChI is InChI=1S/C13H12BrN3/c1-9-3-2-4-10(5-9)8-17-11(7-15)6-12(16)13(17)14/h2-6H,8,16H2,1H3. The molecule has 2 N–H and O–H groups in total. The third-order valence-electron chi connectivity index (χ3n) is 2.60. The van der Waals surface area contributed by atoms with Gasteiger partial charge in [-0.3, -0.25) is 0 Å². The van der Waals surface area contributed by atoms with Gasteiger partial charge in [0.1, 0.15) is 16.4 Å². The molecule has 0 saturated heterocycles. The maximum Gasteiger partial charge on any atom is 0.123 e. The minimum Gasteiger partial charge on any atom is -0.397 e. The first kappa shape index (κ1) is 11.7. The van der Waals surface area contributed by atoms with E-state index in [1.165, 1.54) is 5.56 Å². The summed E-state index contributed by atoms with van der Waals surface area (Å²) in [6, 6.07) is 12.0. The Morgan fingerprint density at radius 1 is 1.41 bits per heavy atom. The van der Waals surface area contributed by atoms with Gasteiger partial charge in [-0.25, -0.2) is 0 Å². The van der Waals surface area contributed by atoms with Crippen LogP contribution in [0.25, 0.3) is 0 Å².